The number of nitrogens with two attached hydrogens (primary N) is 4. The first-order valence-corrected chi connectivity index (χ1v) is 56.2. The maximum atomic E-state index is 12.6. The van der Waals surface area contributed by atoms with E-state index >= 15 is 0 Å². The molecule has 0 spiro atoms. The average molecular weight is 2100 g/mol. The summed E-state index contributed by atoms with van der Waals surface area (Å²) in [7, 11) is -6.25. The molecule has 11 heterocycles. The molecule has 4 aliphatic heterocycles. The van der Waals surface area contributed by atoms with Gasteiger partial charge in [-0.05, 0) is 215 Å². The summed E-state index contributed by atoms with van der Waals surface area (Å²) >= 11 is 18.4. The zero-order valence-corrected chi connectivity index (χ0v) is 87.9. The Bertz CT molecular complexity index is 6680. The van der Waals surface area contributed by atoms with Gasteiger partial charge in [-0.15, -0.1) is 0 Å². The van der Waals surface area contributed by atoms with Crippen molar-refractivity contribution < 1.29 is 53.8 Å². The minimum Gasteiger partial charge on any atom is -0.398 e. The van der Waals surface area contributed by atoms with E-state index in [9.17, 15) is 39.6 Å². The van der Waals surface area contributed by atoms with E-state index in [1.165, 1.54) is 0 Å². The lowest BCUT2D eigenvalue weighted by Crippen LogP contribution is -2.19. The van der Waals surface area contributed by atoms with Crippen LogP contribution in [-0.4, -0.2) is 154 Å². The number of benzene rings is 6. The maximum absolute atomic E-state index is 12.6. The van der Waals surface area contributed by atoms with Gasteiger partial charge in [0.2, 0.25) is 5.91 Å². The topological polar surface area (TPSA) is 439 Å². The highest BCUT2D eigenvalue weighted by Gasteiger charge is 2.34. The number of aryl methyl sites for hydroxylation is 3. The number of ketones is 2. The number of hydrogen-bond donors (Lipinski definition) is 7. The van der Waals surface area contributed by atoms with Crippen LogP contribution >= 0.6 is 48.3 Å². The highest BCUT2D eigenvalue weighted by atomic mass is 35.5. The van der Waals surface area contributed by atoms with Crippen LogP contribution in [0.2, 0.25) is 15.3 Å². The molecule has 1 amide bonds. The largest absolute Gasteiger partial charge is 0.398 e. The second-order valence-corrected chi connectivity index (χ2v) is 43.6. The van der Waals surface area contributed by atoms with E-state index in [-0.39, 0.29) is 67.4 Å². The van der Waals surface area contributed by atoms with Crippen LogP contribution in [0.25, 0.3) is 33.5 Å². The molecule has 3 saturated carbocycles. The van der Waals surface area contributed by atoms with E-state index in [0.717, 1.165) is 228 Å². The zero-order valence-electron chi connectivity index (χ0n) is 79.7. The number of aromatic nitrogens is 10. The van der Waals surface area contributed by atoms with Gasteiger partial charge in [0, 0.05) is 123 Å². The number of fused-ring (bicyclic) bond motifs is 4. The molecule has 6 fully saturated rings. The van der Waals surface area contributed by atoms with Gasteiger partial charge in [-0.1, -0.05) is 108 Å². The number of imidazole rings is 3. The summed E-state index contributed by atoms with van der Waals surface area (Å²) in [5.41, 5.74) is 36.4. The van der Waals surface area contributed by atoms with E-state index in [1.54, 1.807) is 86.1 Å². The Kier molecular flexibility index (Phi) is 39.5. The number of hydrogen-bond acceptors (Lipinski definition) is 26. The van der Waals surface area contributed by atoms with E-state index in [4.69, 9.17) is 86.9 Å². The number of primary amides is 1. The van der Waals surface area contributed by atoms with Crippen molar-refractivity contribution in [1.82, 2.24) is 48.6 Å². The van der Waals surface area contributed by atoms with Crippen molar-refractivity contribution >= 4 is 227 Å². The Morgan fingerprint density at radius 1 is 0.379 bits per heavy atom. The minimum absolute atomic E-state index is 0. The number of amides is 1. The summed E-state index contributed by atoms with van der Waals surface area (Å²) < 4.78 is 92.9. The second-order valence-electron chi connectivity index (χ2n) is 34.3. The number of anilines is 9. The van der Waals surface area contributed by atoms with Gasteiger partial charge in [-0.3, -0.25) is 63.3 Å². The summed E-state index contributed by atoms with van der Waals surface area (Å²) in [5, 5.41) is 11.4. The molecule has 11 N–H and O–H groups in total. The number of rotatable bonds is 22. The predicted molar refractivity (Wildman–Crippen MR) is 570 cm³/mol. The molecule has 0 bridgehead atoms. The summed E-state index contributed by atoms with van der Waals surface area (Å²) in [4.78, 5) is 76.1. The van der Waals surface area contributed by atoms with Gasteiger partial charge < -0.3 is 53.1 Å². The van der Waals surface area contributed by atoms with E-state index in [0.29, 0.717) is 83.2 Å². The first kappa shape index (κ1) is 108. The first-order chi connectivity index (χ1) is 66.7. The number of carbonyl (C=O) groups excluding carboxylic acids is 3. The van der Waals surface area contributed by atoms with E-state index < -0.39 is 64.8 Å². The van der Waals surface area contributed by atoms with Gasteiger partial charge >= 0.3 is 0 Å². The Balaban J connectivity index is 0.000000150. The van der Waals surface area contributed by atoms with Crippen LogP contribution in [0.5, 0.6) is 0 Å². The molecule has 3 saturated heterocycles. The van der Waals surface area contributed by atoms with Crippen LogP contribution in [0.15, 0.2) is 204 Å². The van der Waals surface area contributed by atoms with E-state index in [1.807, 2.05) is 158 Å². The van der Waals surface area contributed by atoms with Crippen LogP contribution in [0, 0.1) is 38.5 Å². The maximum Gasteiger partial charge on any atom is 0.220 e. The minimum atomic E-state index is -1.14. The van der Waals surface area contributed by atoms with Gasteiger partial charge in [0.1, 0.15) is 80.3 Å². The number of aliphatic imine (C=N–C) groups is 1. The van der Waals surface area contributed by atoms with Crippen molar-refractivity contribution in [2.24, 2.45) is 28.5 Å². The molecule has 7 aliphatic rings. The van der Waals surface area contributed by atoms with Crippen molar-refractivity contribution in [2.45, 2.75) is 191 Å². The molecule has 7 aromatic heterocycles. The molecule has 13 aromatic rings. The Morgan fingerprint density at radius 3 is 1.03 bits per heavy atom. The SMILES string of the molecule is CC1=Nc2c(Nc3ccccc3[S@](C)=O)cc(CC(=O)C3CC3)nc2C1.CS(=O)c1ccccc1N.C[S@@](=O)c1ccccc1N.C[S@](=O)c1ccccc1N.Cc1nc2c(Cl)cc(Cl)nc2n1C1CCCCO1.Cc1nc2c(Nc3ccccc3[S@](C)=O)cc(CC(=O)C3CC3)nc2n1C1CCCCO1.Cc1nc2c(Nc3ccccc3[S@](C)=O)cc(Cl)nc2n1C1CCCCO1.NC(=O)C1CC1.S. The number of nitrogen functional groups attached to an aromatic ring is 3. The number of ether oxygens (including phenoxy) is 3. The van der Waals surface area contributed by atoms with Gasteiger partial charge in [0.25, 0.3) is 0 Å². The number of nitrogens with one attached hydrogen (secondary N) is 3. The van der Waals surface area contributed by atoms with E-state index in [2.05, 4.69) is 45.4 Å². The number of halogens is 3. The van der Waals surface area contributed by atoms with Gasteiger partial charge in [-0.2, -0.15) is 13.5 Å². The summed E-state index contributed by atoms with van der Waals surface area (Å²) in [6.45, 7) is 10.1. The third-order valence-electron chi connectivity index (χ3n) is 23.4. The Labute approximate surface area is 852 Å². The second kappa shape index (κ2) is 51.0. The number of nitrogens with zero attached hydrogens (tertiary/aromatic N) is 11. The normalized spacial score (nSPS) is 17.5. The lowest BCUT2D eigenvalue weighted by atomic mass is 10.1. The fourth-order valence-electron chi connectivity index (χ4n) is 16.1. The van der Waals surface area contributed by atoms with Crippen LogP contribution in [0.4, 0.5) is 56.9 Å². The zero-order chi connectivity index (χ0) is 99.4. The van der Waals surface area contributed by atoms with Gasteiger partial charge in [0.05, 0.1) is 150 Å². The monoisotopic (exact) mass is 2090 g/mol. The molecule has 744 valence electrons. The smallest absolute Gasteiger partial charge is 0.220 e. The molecule has 0 radical (unpaired) electrons. The highest BCUT2D eigenvalue weighted by molar-refractivity contribution is 7.85. The van der Waals surface area contributed by atoms with Crippen molar-refractivity contribution in [3.05, 3.63) is 220 Å². The molecule has 6 aromatic carbocycles. The molecule has 140 heavy (non-hydrogen) atoms. The summed E-state index contributed by atoms with van der Waals surface area (Å²) in [6.07, 6.45) is 26.5. The molecule has 3 aliphatic carbocycles. The average Bonchev–Trinajstić information content (AvgIpc) is 1.66. The van der Waals surface area contributed by atoms with Crippen LogP contribution in [-0.2, 0) is 113 Å². The third kappa shape index (κ3) is 29.2. The van der Waals surface area contributed by atoms with Crippen LogP contribution in [0.3, 0.4) is 0 Å². The van der Waals surface area contributed by atoms with Crippen LogP contribution in [0.1, 0.15) is 156 Å². The molecular formula is C100H119Cl3N18O12S7. The van der Waals surface area contributed by atoms with Gasteiger partial charge in [-0.25, -0.2) is 29.9 Å². The third-order valence-corrected chi connectivity index (χ3v) is 30.0. The molecule has 40 heteroatoms. The van der Waals surface area contributed by atoms with Crippen molar-refractivity contribution in [2.75, 3.05) is 90.5 Å². The van der Waals surface area contributed by atoms with Crippen molar-refractivity contribution in [3.63, 3.8) is 0 Å². The molecular weight excluding hydrogens is 1980 g/mol. The highest BCUT2D eigenvalue weighted by Crippen LogP contribution is 2.42. The standard InChI is InChI=1S/C24H28N4O3S.C20H21N3O2S.C19H21ClN4O2S.C12H13Cl2N3O.3C7H9NOS.C4H7NO.H2S/c1-15-25-23-19(27-18-7-3-4-8-21(18)32(2)30)13-17(14-20(29)16-10-11-16)26-24(23)28(15)22-9-5-6-12-31-22;1-12-9-16-20(21-12)17(10-14(22-16)11-18(24)13-7-8-13)23-15-5-3-4-6-19(15)26(2)25;1-12-21-18-14(22-13-7-3-4-8-15(13)27(2)25)11-16(20)23-19(18)24(12)17-9-5-6-10-26-17;1-7-15-11-8(13)6-9(14)16-12(11)17(7)10-4-2-3-5-18-10;3*1-10(9)7-5-3-2-4-6(7)8;5-4(6)3-1-2-3;/h3-4,7-8,13,16,22H,5-6,9-12,14H2,1-2H3,(H,26,27);3-6,10,13H,7-9,11H2,1-2H3,(H,22,23);3-4,7-8,11,17H,5-6,9-10H2,1-2H3,(H,22,23);6,10H,2-5H2,1H3;3*2-5H,8H2,1H3;3H,1-2H2,(H2,5,6);1H2/t22?,32-;26-;17?,27-;;2*10-;;;/m000.10.../s1. The molecule has 9 atom stereocenters. The first-order valence-electron chi connectivity index (χ1n) is 45.7. The number of pyridine rings is 4. The summed E-state index contributed by atoms with van der Waals surface area (Å²) in [5.74, 6) is 3.56. The number of carbonyl (C=O) groups is 3. The lowest BCUT2D eigenvalue weighted by molar-refractivity contribution is -0.120. The van der Waals surface area contributed by atoms with Crippen molar-refractivity contribution in [3.8, 4) is 0 Å². The quantitative estimate of drug-likeness (QED) is 0.0245. The number of Topliss-reactive ketones (excluding diaryl/α,β-unsaturated/α-hetero) is 2. The fraction of sp³-hybridized carbons (Fsp3) is 0.370. The lowest BCUT2D eigenvalue weighted by Gasteiger charge is -2.25. The molecule has 30 nitrogen and oxygen atoms in total. The Hall–Kier alpha value is -10.4. The fourth-order valence-corrected chi connectivity index (χ4v) is 20.8. The summed E-state index contributed by atoms with van der Waals surface area (Å²) in [6, 6.07) is 51.3. The van der Waals surface area contributed by atoms with Crippen molar-refractivity contribution in [1.29, 1.82) is 0 Å². The predicted octanol–water partition coefficient (Wildman–Crippen LogP) is 19.5. The van der Waals surface area contributed by atoms with Crippen LogP contribution < -0.4 is 38.9 Å². The Morgan fingerprint density at radius 2 is 0.693 bits per heavy atom. The molecule has 20 rings (SSSR count). The number of para-hydroxylation sites is 6. The molecule has 4 unspecified atom stereocenters. The van der Waals surface area contributed by atoms with Gasteiger partial charge in [0.15, 0.2) is 16.9 Å².